The van der Waals surface area contributed by atoms with E-state index < -0.39 is 29.7 Å². The number of hydrogen-bond acceptors (Lipinski definition) is 7. The second kappa shape index (κ2) is 7.49. The lowest BCUT2D eigenvalue weighted by Crippen LogP contribution is -2.50. The van der Waals surface area contributed by atoms with E-state index in [9.17, 15) is 19.5 Å². The van der Waals surface area contributed by atoms with E-state index in [1.165, 1.54) is 26.1 Å². The van der Waals surface area contributed by atoms with Crippen LogP contribution in [0.5, 0.6) is 0 Å². The van der Waals surface area contributed by atoms with Crippen LogP contribution in [0.3, 0.4) is 0 Å². The summed E-state index contributed by atoms with van der Waals surface area (Å²) in [6.07, 6.45) is 0.600. The van der Waals surface area contributed by atoms with Gasteiger partial charge in [0.05, 0.1) is 19.6 Å². The summed E-state index contributed by atoms with van der Waals surface area (Å²) in [5, 5.41) is 10.2. The average molecular weight is 295 g/mol. The van der Waals surface area contributed by atoms with Crippen molar-refractivity contribution in [1.82, 2.24) is 4.98 Å². The van der Waals surface area contributed by atoms with Crippen molar-refractivity contribution < 1.29 is 29.0 Å². The first-order valence-electron chi connectivity index (χ1n) is 6.46. The molecule has 7 heteroatoms. The summed E-state index contributed by atoms with van der Waals surface area (Å²) in [7, 11) is 0. The average Bonchev–Trinajstić information content (AvgIpc) is 2.48. The summed E-state index contributed by atoms with van der Waals surface area (Å²) in [4.78, 5) is 39.5. The zero-order valence-electron chi connectivity index (χ0n) is 11.9. The van der Waals surface area contributed by atoms with Gasteiger partial charge in [-0.3, -0.25) is 9.78 Å². The number of aliphatic hydroxyl groups is 1. The monoisotopic (exact) mass is 295 g/mol. The maximum Gasteiger partial charge on any atom is 0.350 e. The molecule has 0 saturated heterocycles. The number of Topliss-reactive ketones (excluding diaryl/α,β-unsaturated/α-hetero) is 1. The third kappa shape index (κ3) is 4.09. The van der Waals surface area contributed by atoms with Crippen molar-refractivity contribution in [2.24, 2.45) is 0 Å². The van der Waals surface area contributed by atoms with Gasteiger partial charge in [-0.25, -0.2) is 9.59 Å². The minimum absolute atomic E-state index is 0.0320. The highest BCUT2D eigenvalue weighted by molar-refractivity contribution is 6.09. The number of carbonyl (C=O) groups excluding carboxylic acids is 3. The van der Waals surface area contributed by atoms with Crippen molar-refractivity contribution in [2.75, 3.05) is 13.2 Å². The Morgan fingerprint density at radius 3 is 2.14 bits per heavy atom. The second-order valence-electron chi connectivity index (χ2n) is 4.12. The van der Waals surface area contributed by atoms with Crippen LogP contribution in [0.15, 0.2) is 24.4 Å². The van der Waals surface area contributed by atoms with Crippen molar-refractivity contribution >= 4 is 17.7 Å². The number of ketones is 1. The van der Waals surface area contributed by atoms with E-state index in [1.54, 1.807) is 12.1 Å². The molecule has 0 radical (unpaired) electrons. The molecule has 1 aromatic heterocycles. The minimum atomic E-state index is -2.67. The summed E-state index contributed by atoms with van der Waals surface area (Å²) in [6.45, 7) is 2.95. The molecule has 114 valence electrons. The van der Waals surface area contributed by atoms with Crippen molar-refractivity contribution in [1.29, 1.82) is 0 Å². The van der Waals surface area contributed by atoms with Gasteiger partial charge in [0.15, 0.2) is 5.78 Å². The van der Waals surface area contributed by atoms with Gasteiger partial charge in [-0.1, -0.05) is 6.07 Å². The highest BCUT2D eigenvalue weighted by Crippen LogP contribution is 2.18. The molecule has 0 spiro atoms. The topological polar surface area (TPSA) is 103 Å². The van der Waals surface area contributed by atoms with Gasteiger partial charge < -0.3 is 14.6 Å². The Kier molecular flexibility index (Phi) is 5.98. The van der Waals surface area contributed by atoms with Crippen LogP contribution in [0.1, 0.15) is 30.8 Å². The molecule has 0 saturated carbocycles. The van der Waals surface area contributed by atoms with E-state index in [0.717, 1.165) is 0 Å². The maximum atomic E-state index is 12.0. The Hall–Kier alpha value is -2.28. The van der Waals surface area contributed by atoms with Crippen LogP contribution < -0.4 is 0 Å². The molecule has 0 atom stereocenters. The third-order valence-corrected chi connectivity index (χ3v) is 2.59. The summed E-state index contributed by atoms with van der Waals surface area (Å²) < 4.78 is 9.30. The van der Waals surface area contributed by atoms with Crippen LogP contribution >= 0.6 is 0 Å². The van der Waals surface area contributed by atoms with Gasteiger partial charge >= 0.3 is 11.9 Å². The molecule has 1 aromatic rings. The largest absolute Gasteiger partial charge is 0.463 e. The smallest absolute Gasteiger partial charge is 0.350 e. The number of aromatic nitrogens is 1. The molecule has 0 aliphatic rings. The number of carbonyl (C=O) groups is 3. The number of ether oxygens (including phenoxy) is 2. The van der Waals surface area contributed by atoms with Crippen molar-refractivity contribution in [2.45, 2.75) is 25.9 Å². The standard InChI is InChI=1S/C14H17NO6/c1-3-20-12(17)14(19,13(18)21-4-2)9-11(16)10-7-5-6-8-15-10/h5-8,19H,3-4,9H2,1-2H3. The molecular formula is C14H17NO6. The zero-order valence-corrected chi connectivity index (χ0v) is 11.9. The van der Waals surface area contributed by atoms with E-state index in [4.69, 9.17) is 0 Å². The molecule has 21 heavy (non-hydrogen) atoms. The van der Waals surface area contributed by atoms with E-state index in [2.05, 4.69) is 14.5 Å². The predicted molar refractivity (Wildman–Crippen MR) is 71.4 cm³/mol. The van der Waals surface area contributed by atoms with Gasteiger partial charge in [0.25, 0.3) is 5.60 Å². The third-order valence-electron chi connectivity index (χ3n) is 2.59. The normalized spacial score (nSPS) is 10.8. The minimum Gasteiger partial charge on any atom is -0.463 e. The Morgan fingerprint density at radius 2 is 1.71 bits per heavy atom. The summed E-state index contributed by atoms with van der Waals surface area (Å²) in [5.74, 6) is -3.10. The van der Waals surface area contributed by atoms with Gasteiger partial charge in [0, 0.05) is 6.20 Å². The van der Waals surface area contributed by atoms with Gasteiger partial charge in [0.1, 0.15) is 5.69 Å². The van der Waals surface area contributed by atoms with Gasteiger partial charge in [-0.15, -0.1) is 0 Å². The van der Waals surface area contributed by atoms with Gasteiger partial charge in [-0.2, -0.15) is 0 Å². The first-order valence-corrected chi connectivity index (χ1v) is 6.46. The van der Waals surface area contributed by atoms with Crippen molar-refractivity contribution in [3.63, 3.8) is 0 Å². The molecule has 1 rings (SSSR count). The number of nitrogens with zero attached hydrogens (tertiary/aromatic N) is 1. The molecule has 0 unspecified atom stereocenters. The summed E-state index contributed by atoms with van der Waals surface area (Å²) >= 11 is 0. The number of esters is 2. The van der Waals surface area contributed by atoms with Crippen LogP contribution in [-0.4, -0.2) is 46.6 Å². The zero-order chi connectivity index (χ0) is 15.9. The van der Waals surface area contributed by atoms with E-state index in [-0.39, 0.29) is 18.9 Å². The molecule has 1 N–H and O–H groups in total. The SMILES string of the molecule is CCOC(=O)C(O)(CC(=O)c1ccccn1)C(=O)OCC. The lowest BCUT2D eigenvalue weighted by Gasteiger charge is -2.22. The van der Waals surface area contributed by atoms with Crippen molar-refractivity contribution in [3.8, 4) is 0 Å². The molecule has 0 fully saturated rings. The first-order chi connectivity index (χ1) is 9.95. The van der Waals surface area contributed by atoms with Crippen molar-refractivity contribution in [3.05, 3.63) is 30.1 Å². The first kappa shape index (κ1) is 16.8. The van der Waals surface area contributed by atoms with Crippen LogP contribution in [-0.2, 0) is 19.1 Å². The highest BCUT2D eigenvalue weighted by atomic mass is 16.6. The fourth-order valence-corrected chi connectivity index (χ4v) is 1.58. The van der Waals surface area contributed by atoms with Crippen LogP contribution in [0.2, 0.25) is 0 Å². The van der Waals surface area contributed by atoms with Gasteiger partial charge in [-0.05, 0) is 26.0 Å². The van der Waals surface area contributed by atoms with Crippen LogP contribution in [0.4, 0.5) is 0 Å². The van der Waals surface area contributed by atoms with Gasteiger partial charge in [0.2, 0.25) is 0 Å². The Balaban J connectivity index is 2.99. The van der Waals surface area contributed by atoms with E-state index in [1.807, 2.05) is 0 Å². The van der Waals surface area contributed by atoms with E-state index >= 15 is 0 Å². The fraction of sp³-hybridized carbons (Fsp3) is 0.429. The molecule has 0 amide bonds. The van der Waals surface area contributed by atoms with Crippen LogP contribution in [0.25, 0.3) is 0 Å². The molecule has 0 aliphatic heterocycles. The molecular weight excluding hydrogens is 278 g/mol. The maximum absolute atomic E-state index is 12.0. The lowest BCUT2D eigenvalue weighted by molar-refractivity contribution is -0.182. The molecule has 0 aromatic carbocycles. The van der Waals surface area contributed by atoms with Crippen LogP contribution in [0, 0.1) is 0 Å². The fourth-order valence-electron chi connectivity index (χ4n) is 1.58. The Morgan fingerprint density at radius 1 is 1.14 bits per heavy atom. The molecule has 0 bridgehead atoms. The number of pyridine rings is 1. The Bertz CT molecular complexity index is 495. The summed E-state index contributed by atoms with van der Waals surface area (Å²) in [5.41, 5.74) is -2.63. The summed E-state index contributed by atoms with van der Waals surface area (Å²) in [6, 6.07) is 4.60. The molecule has 7 nitrogen and oxygen atoms in total. The number of rotatable bonds is 7. The highest BCUT2D eigenvalue weighted by Gasteiger charge is 2.49. The Labute approximate surface area is 121 Å². The molecule has 0 aliphatic carbocycles. The molecule has 1 heterocycles. The lowest BCUT2D eigenvalue weighted by atomic mass is 9.95. The van der Waals surface area contributed by atoms with E-state index in [0.29, 0.717) is 0 Å². The second-order valence-corrected chi connectivity index (χ2v) is 4.12. The number of hydrogen-bond donors (Lipinski definition) is 1. The predicted octanol–water partition coefficient (Wildman–Crippen LogP) is 0.512. The quantitative estimate of drug-likeness (QED) is 0.444.